The van der Waals surface area contributed by atoms with E-state index in [1.807, 2.05) is 18.7 Å². The molecule has 2 saturated heterocycles. The van der Waals surface area contributed by atoms with Crippen LogP contribution in [0.25, 0.3) is 0 Å². The molecule has 6 nitrogen and oxygen atoms in total. The van der Waals surface area contributed by atoms with Gasteiger partial charge >= 0.3 is 0 Å². The number of likely N-dealkylation sites (tertiary alicyclic amines) is 1. The molecule has 2 fully saturated rings. The van der Waals surface area contributed by atoms with Crippen LogP contribution in [0, 0.1) is 17.3 Å². The Balaban J connectivity index is 2.16. The molecular formula is C16H30N2O4S. The van der Waals surface area contributed by atoms with Gasteiger partial charge in [-0.05, 0) is 25.2 Å². The molecule has 0 aliphatic carbocycles. The molecule has 7 heteroatoms. The first kappa shape index (κ1) is 18.7. The topological polar surface area (TPSA) is 66.9 Å². The maximum Gasteiger partial charge on any atom is 0.225 e. The van der Waals surface area contributed by atoms with Gasteiger partial charge in [0.1, 0.15) is 0 Å². The molecule has 0 N–H and O–H groups in total. The molecule has 2 atom stereocenters. The van der Waals surface area contributed by atoms with Crippen molar-refractivity contribution in [3.8, 4) is 0 Å². The minimum Gasteiger partial charge on any atom is -0.384 e. The summed E-state index contributed by atoms with van der Waals surface area (Å²) >= 11 is 0. The summed E-state index contributed by atoms with van der Waals surface area (Å²) in [7, 11) is -1.54. The van der Waals surface area contributed by atoms with E-state index in [2.05, 4.69) is 0 Å². The second-order valence-corrected chi connectivity index (χ2v) is 9.08. The van der Waals surface area contributed by atoms with Crippen molar-refractivity contribution in [2.24, 2.45) is 17.3 Å². The Hall–Kier alpha value is -0.660. The molecule has 134 valence electrons. The third-order valence-corrected chi connectivity index (χ3v) is 6.87. The van der Waals surface area contributed by atoms with Crippen LogP contribution in [0.3, 0.4) is 0 Å². The third-order valence-electron chi connectivity index (χ3n) is 5.65. The van der Waals surface area contributed by atoms with Crippen LogP contribution in [0.15, 0.2) is 0 Å². The lowest BCUT2D eigenvalue weighted by molar-refractivity contribution is -0.140. The Morgan fingerprint density at radius 2 is 1.96 bits per heavy atom. The number of sulfonamides is 1. The van der Waals surface area contributed by atoms with Gasteiger partial charge in [0.05, 0.1) is 12.9 Å². The van der Waals surface area contributed by atoms with E-state index in [-0.39, 0.29) is 23.2 Å². The lowest BCUT2D eigenvalue weighted by atomic mass is 9.73. The summed E-state index contributed by atoms with van der Waals surface area (Å²) in [6.07, 6.45) is 3.78. The molecule has 0 unspecified atom stereocenters. The van der Waals surface area contributed by atoms with E-state index in [0.29, 0.717) is 32.8 Å². The molecule has 0 aromatic rings. The van der Waals surface area contributed by atoms with Crippen LogP contribution < -0.4 is 0 Å². The van der Waals surface area contributed by atoms with Gasteiger partial charge in [0.15, 0.2) is 0 Å². The van der Waals surface area contributed by atoms with E-state index in [4.69, 9.17) is 4.74 Å². The molecule has 0 bridgehead atoms. The predicted molar refractivity (Wildman–Crippen MR) is 89.5 cm³/mol. The summed E-state index contributed by atoms with van der Waals surface area (Å²) in [5.41, 5.74) is -0.150. The molecule has 2 aliphatic rings. The second-order valence-electron chi connectivity index (χ2n) is 7.10. The quantitative estimate of drug-likeness (QED) is 0.724. The molecule has 0 radical (unpaired) electrons. The first-order valence-electron chi connectivity index (χ1n) is 8.50. The summed E-state index contributed by atoms with van der Waals surface area (Å²) < 4.78 is 30.9. The fourth-order valence-electron chi connectivity index (χ4n) is 4.11. The summed E-state index contributed by atoms with van der Waals surface area (Å²) in [5, 5.41) is 0. The molecule has 0 saturated carbocycles. The van der Waals surface area contributed by atoms with Crippen LogP contribution >= 0.6 is 0 Å². The maximum atomic E-state index is 12.7. The SMILES string of the molecule is CCC(CC)C(=O)N1CC[C@@]2(COC)CN(S(C)(=O)=O)C[C@H]2C1. The molecule has 23 heavy (non-hydrogen) atoms. The minimum atomic E-state index is -3.21. The van der Waals surface area contributed by atoms with Crippen molar-refractivity contribution in [2.45, 2.75) is 33.1 Å². The number of carbonyl (C=O) groups is 1. The van der Waals surface area contributed by atoms with E-state index in [1.165, 1.54) is 6.26 Å². The first-order chi connectivity index (χ1) is 10.8. The van der Waals surface area contributed by atoms with Crippen LogP contribution in [0.4, 0.5) is 0 Å². The predicted octanol–water partition coefficient (Wildman–Crippen LogP) is 1.18. The van der Waals surface area contributed by atoms with Crippen LogP contribution in [0.1, 0.15) is 33.1 Å². The van der Waals surface area contributed by atoms with Gasteiger partial charge in [-0.3, -0.25) is 4.79 Å². The highest BCUT2D eigenvalue weighted by Crippen LogP contribution is 2.44. The van der Waals surface area contributed by atoms with Gasteiger partial charge in [0.2, 0.25) is 15.9 Å². The van der Waals surface area contributed by atoms with Crippen molar-refractivity contribution >= 4 is 15.9 Å². The summed E-state index contributed by atoms with van der Waals surface area (Å²) in [6, 6.07) is 0. The number of amides is 1. The molecule has 0 spiro atoms. The molecule has 2 rings (SSSR count). The van der Waals surface area contributed by atoms with Crippen LogP contribution in [0.5, 0.6) is 0 Å². The normalized spacial score (nSPS) is 29.1. The fraction of sp³-hybridized carbons (Fsp3) is 0.938. The Labute approximate surface area is 140 Å². The van der Waals surface area contributed by atoms with E-state index < -0.39 is 10.0 Å². The zero-order valence-corrected chi connectivity index (χ0v) is 15.6. The van der Waals surface area contributed by atoms with Crippen LogP contribution in [0.2, 0.25) is 0 Å². The number of nitrogens with zero attached hydrogens (tertiary/aromatic N) is 2. The van der Waals surface area contributed by atoms with Gasteiger partial charge < -0.3 is 9.64 Å². The van der Waals surface area contributed by atoms with Crippen molar-refractivity contribution in [3.05, 3.63) is 0 Å². The smallest absolute Gasteiger partial charge is 0.225 e. The van der Waals surface area contributed by atoms with E-state index in [1.54, 1.807) is 11.4 Å². The van der Waals surface area contributed by atoms with Gasteiger partial charge in [0, 0.05) is 44.6 Å². The maximum absolute atomic E-state index is 12.7. The fourth-order valence-corrected chi connectivity index (χ4v) is 5.05. The zero-order valence-electron chi connectivity index (χ0n) is 14.7. The number of hydrogen-bond acceptors (Lipinski definition) is 4. The Kier molecular flexibility index (Phi) is 5.74. The lowest BCUT2D eigenvalue weighted by Gasteiger charge is -2.44. The van der Waals surface area contributed by atoms with Gasteiger partial charge in [-0.15, -0.1) is 0 Å². The van der Waals surface area contributed by atoms with Crippen LogP contribution in [-0.4, -0.2) is 69.7 Å². The average Bonchev–Trinajstić information content (AvgIpc) is 2.87. The number of methoxy groups -OCH3 is 1. The Bertz CT molecular complexity index is 532. The minimum absolute atomic E-state index is 0.0809. The molecule has 2 heterocycles. The van der Waals surface area contributed by atoms with E-state index >= 15 is 0 Å². The number of fused-ring (bicyclic) bond motifs is 1. The number of ether oxygens (including phenoxy) is 1. The molecule has 0 aromatic heterocycles. The first-order valence-corrected chi connectivity index (χ1v) is 10.3. The zero-order chi connectivity index (χ0) is 17.3. The number of rotatable bonds is 6. The molecule has 0 aromatic carbocycles. The van der Waals surface area contributed by atoms with Crippen molar-refractivity contribution in [2.75, 3.05) is 46.2 Å². The lowest BCUT2D eigenvalue weighted by Crippen LogP contribution is -2.52. The highest BCUT2D eigenvalue weighted by Gasteiger charge is 2.52. The van der Waals surface area contributed by atoms with Crippen molar-refractivity contribution in [1.29, 1.82) is 0 Å². The molecular weight excluding hydrogens is 316 g/mol. The summed E-state index contributed by atoms with van der Waals surface area (Å²) in [5.74, 6) is 0.459. The number of carbonyl (C=O) groups excluding carboxylic acids is 1. The highest BCUT2D eigenvalue weighted by molar-refractivity contribution is 7.88. The largest absolute Gasteiger partial charge is 0.384 e. The number of piperidine rings is 1. The Morgan fingerprint density at radius 3 is 2.48 bits per heavy atom. The van der Waals surface area contributed by atoms with Crippen LogP contribution in [-0.2, 0) is 19.6 Å². The van der Waals surface area contributed by atoms with E-state index in [9.17, 15) is 13.2 Å². The van der Waals surface area contributed by atoms with Gasteiger partial charge in [0.25, 0.3) is 0 Å². The van der Waals surface area contributed by atoms with Crippen molar-refractivity contribution in [1.82, 2.24) is 9.21 Å². The molecule has 2 aliphatic heterocycles. The standard InChI is InChI=1S/C16H30N2O4S/c1-5-13(6-2)15(19)17-8-7-16(12-22-3)11-18(23(4,20)21)10-14(16)9-17/h13-14H,5-12H2,1-4H3/t14-,16+/m1/s1. The highest BCUT2D eigenvalue weighted by atomic mass is 32.2. The molecule has 1 amide bonds. The second kappa shape index (κ2) is 7.07. The average molecular weight is 346 g/mol. The van der Waals surface area contributed by atoms with Gasteiger partial charge in [-0.25, -0.2) is 12.7 Å². The summed E-state index contributed by atoms with van der Waals surface area (Å²) in [4.78, 5) is 14.6. The Morgan fingerprint density at radius 1 is 1.30 bits per heavy atom. The van der Waals surface area contributed by atoms with Crippen molar-refractivity contribution < 1.29 is 17.9 Å². The number of hydrogen-bond donors (Lipinski definition) is 0. The van der Waals surface area contributed by atoms with E-state index in [0.717, 1.165) is 19.3 Å². The van der Waals surface area contributed by atoms with Gasteiger partial charge in [-0.1, -0.05) is 13.8 Å². The summed E-state index contributed by atoms with van der Waals surface area (Å²) in [6.45, 7) is 7.00. The van der Waals surface area contributed by atoms with Gasteiger partial charge in [-0.2, -0.15) is 0 Å². The monoisotopic (exact) mass is 346 g/mol. The van der Waals surface area contributed by atoms with Crippen molar-refractivity contribution in [3.63, 3.8) is 0 Å². The third kappa shape index (κ3) is 3.72.